The van der Waals surface area contributed by atoms with Crippen LogP contribution in [0.3, 0.4) is 0 Å². The standard InChI is InChI=1S/C17H24FN3O2/c1-2-8-21(15-6-7-19-11-15)17(23)12-20-16(22)10-13-4-3-5-14(18)9-13/h3-5,9,15,19H,2,6-8,10-12H2,1H3,(H,20,22). The number of halogens is 1. The number of carbonyl (C=O) groups is 2. The molecule has 0 spiro atoms. The first-order valence-electron chi connectivity index (χ1n) is 8.11. The molecule has 1 aromatic carbocycles. The molecule has 1 atom stereocenters. The minimum absolute atomic E-state index is 0.00928. The molecule has 1 aliphatic rings. The average Bonchev–Trinajstić information content (AvgIpc) is 3.04. The van der Waals surface area contributed by atoms with E-state index in [-0.39, 0.29) is 36.6 Å². The molecule has 1 fully saturated rings. The minimum atomic E-state index is -0.366. The Morgan fingerprint density at radius 3 is 2.91 bits per heavy atom. The fourth-order valence-corrected chi connectivity index (χ4v) is 2.83. The summed E-state index contributed by atoms with van der Waals surface area (Å²) in [5, 5.41) is 5.89. The van der Waals surface area contributed by atoms with Gasteiger partial charge in [-0.3, -0.25) is 9.59 Å². The number of hydrogen-bond donors (Lipinski definition) is 2. The first kappa shape index (κ1) is 17.4. The first-order chi connectivity index (χ1) is 11.1. The van der Waals surface area contributed by atoms with Crippen LogP contribution >= 0.6 is 0 Å². The topological polar surface area (TPSA) is 61.4 Å². The summed E-state index contributed by atoms with van der Waals surface area (Å²) in [6.45, 7) is 4.45. The van der Waals surface area contributed by atoms with Gasteiger partial charge in [-0.25, -0.2) is 4.39 Å². The Balaban J connectivity index is 1.83. The first-order valence-corrected chi connectivity index (χ1v) is 8.11. The molecule has 0 aromatic heterocycles. The number of amides is 2. The van der Waals surface area contributed by atoms with E-state index in [1.165, 1.54) is 12.1 Å². The number of hydrogen-bond acceptors (Lipinski definition) is 3. The third-order valence-corrected chi connectivity index (χ3v) is 3.95. The molecule has 2 N–H and O–H groups in total. The van der Waals surface area contributed by atoms with E-state index in [0.29, 0.717) is 12.1 Å². The Morgan fingerprint density at radius 2 is 2.26 bits per heavy atom. The lowest BCUT2D eigenvalue weighted by atomic mass is 10.1. The summed E-state index contributed by atoms with van der Waals surface area (Å²) in [7, 11) is 0. The highest BCUT2D eigenvalue weighted by Gasteiger charge is 2.25. The lowest BCUT2D eigenvalue weighted by Crippen LogP contribution is -2.47. The van der Waals surface area contributed by atoms with Gasteiger partial charge in [0.05, 0.1) is 13.0 Å². The maximum atomic E-state index is 13.1. The average molecular weight is 321 g/mol. The lowest BCUT2D eigenvalue weighted by Gasteiger charge is -2.28. The molecule has 0 saturated carbocycles. The second-order valence-electron chi connectivity index (χ2n) is 5.82. The van der Waals surface area contributed by atoms with E-state index in [0.717, 1.165) is 25.9 Å². The van der Waals surface area contributed by atoms with Crippen LogP contribution in [0.5, 0.6) is 0 Å². The Labute approximate surface area is 136 Å². The van der Waals surface area contributed by atoms with E-state index in [4.69, 9.17) is 0 Å². The smallest absolute Gasteiger partial charge is 0.242 e. The second-order valence-corrected chi connectivity index (χ2v) is 5.82. The van der Waals surface area contributed by atoms with Crippen molar-refractivity contribution < 1.29 is 14.0 Å². The van der Waals surface area contributed by atoms with Crippen molar-refractivity contribution in [2.75, 3.05) is 26.2 Å². The fourth-order valence-electron chi connectivity index (χ4n) is 2.83. The van der Waals surface area contributed by atoms with Crippen LogP contribution < -0.4 is 10.6 Å². The molecule has 126 valence electrons. The van der Waals surface area contributed by atoms with Gasteiger partial charge in [-0.1, -0.05) is 19.1 Å². The number of rotatable bonds is 7. The Kier molecular flexibility index (Phi) is 6.52. The largest absolute Gasteiger partial charge is 0.347 e. The molecule has 0 aliphatic carbocycles. The molecule has 1 heterocycles. The molecule has 1 unspecified atom stereocenters. The van der Waals surface area contributed by atoms with Crippen LogP contribution in [-0.4, -0.2) is 48.9 Å². The number of nitrogens with one attached hydrogen (secondary N) is 2. The third kappa shape index (κ3) is 5.32. The zero-order valence-electron chi connectivity index (χ0n) is 13.5. The van der Waals surface area contributed by atoms with Crippen LogP contribution in [0.1, 0.15) is 25.3 Å². The van der Waals surface area contributed by atoms with E-state index in [9.17, 15) is 14.0 Å². The maximum absolute atomic E-state index is 13.1. The fraction of sp³-hybridized carbons (Fsp3) is 0.529. The van der Waals surface area contributed by atoms with Crippen LogP contribution in [-0.2, 0) is 16.0 Å². The van der Waals surface area contributed by atoms with E-state index < -0.39 is 0 Å². The highest BCUT2D eigenvalue weighted by Crippen LogP contribution is 2.09. The Bertz CT molecular complexity index is 544. The van der Waals surface area contributed by atoms with Crippen LogP contribution in [0.15, 0.2) is 24.3 Å². The summed E-state index contributed by atoms with van der Waals surface area (Å²) in [4.78, 5) is 26.1. The zero-order chi connectivity index (χ0) is 16.7. The van der Waals surface area contributed by atoms with Gasteiger partial charge in [0.15, 0.2) is 0 Å². The van der Waals surface area contributed by atoms with Gasteiger partial charge in [-0.15, -0.1) is 0 Å². The van der Waals surface area contributed by atoms with E-state index in [2.05, 4.69) is 10.6 Å². The lowest BCUT2D eigenvalue weighted by molar-refractivity contribution is -0.134. The molecule has 23 heavy (non-hydrogen) atoms. The molecule has 1 saturated heterocycles. The molecule has 0 bridgehead atoms. The number of benzene rings is 1. The van der Waals surface area contributed by atoms with Crippen LogP contribution in [0.4, 0.5) is 4.39 Å². The van der Waals surface area contributed by atoms with Crippen molar-refractivity contribution in [3.63, 3.8) is 0 Å². The van der Waals surface area contributed by atoms with Crippen LogP contribution in [0.25, 0.3) is 0 Å². The summed E-state index contributed by atoms with van der Waals surface area (Å²) >= 11 is 0. The number of nitrogens with zero attached hydrogens (tertiary/aromatic N) is 1. The van der Waals surface area contributed by atoms with Crippen molar-refractivity contribution in [2.24, 2.45) is 0 Å². The molecule has 6 heteroatoms. The van der Waals surface area contributed by atoms with Gasteiger partial charge in [0.25, 0.3) is 0 Å². The van der Waals surface area contributed by atoms with Crippen molar-refractivity contribution in [3.05, 3.63) is 35.6 Å². The van der Waals surface area contributed by atoms with Crippen molar-refractivity contribution in [2.45, 2.75) is 32.2 Å². The maximum Gasteiger partial charge on any atom is 0.242 e. The summed E-state index contributed by atoms with van der Waals surface area (Å²) in [5.74, 6) is -0.702. The second kappa shape index (κ2) is 8.62. The van der Waals surface area contributed by atoms with Gasteiger partial charge < -0.3 is 15.5 Å². The van der Waals surface area contributed by atoms with Gasteiger partial charge in [0.2, 0.25) is 11.8 Å². The van der Waals surface area contributed by atoms with E-state index in [1.807, 2.05) is 11.8 Å². The summed E-state index contributed by atoms with van der Waals surface area (Å²) in [6.07, 6.45) is 1.91. The summed E-state index contributed by atoms with van der Waals surface area (Å²) in [6, 6.07) is 6.14. The zero-order valence-corrected chi connectivity index (χ0v) is 13.5. The van der Waals surface area contributed by atoms with Gasteiger partial charge >= 0.3 is 0 Å². The predicted octanol–water partition coefficient (Wildman–Crippen LogP) is 1.08. The molecule has 0 radical (unpaired) electrons. The minimum Gasteiger partial charge on any atom is -0.347 e. The molecule has 5 nitrogen and oxygen atoms in total. The van der Waals surface area contributed by atoms with Gasteiger partial charge in [0, 0.05) is 19.1 Å². The summed E-state index contributed by atoms with van der Waals surface area (Å²) < 4.78 is 13.1. The third-order valence-electron chi connectivity index (χ3n) is 3.95. The monoisotopic (exact) mass is 321 g/mol. The number of carbonyl (C=O) groups excluding carboxylic acids is 2. The predicted molar refractivity (Wildman–Crippen MR) is 86.4 cm³/mol. The molecular weight excluding hydrogens is 297 g/mol. The molecule has 1 aromatic rings. The van der Waals surface area contributed by atoms with Gasteiger partial charge in [-0.05, 0) is 37.1 Å². The highest BCUT2D eigenvalue weighted by molar-refractivity contribution is 5.85. The normalized spacial score (nSPS) is 17.0. The molecule has 1 aliphatic heterocycles. The molecule has 2 rings (SSSR count). The molecular formula is C17H24FN3O2. The molecule has 2 amide bonds. The van der Waals surface area contributed by atoms with Gasteiger partial charge in [-0.2, -0.15) is 0 Å². The summed E-state index contributed by atoms with van der Waals surface area (Å²) in [5.41, 5.74) is 0.598. The van der Waals surface area contributed by atoms with E-state index >= 15 is 0 Å². The van der Waals surface area contributed by atoms with Gasteiger partial charge in [0.1, 0.15) is 5.82 Å². The van der Waals surface area contributed by atoms with Crippen molar-refractivity contribution in [1.29, 1.82) is 0 Å². The Hall–Kier alpha value is -1.95. The quantitative estimate of drug-likeness (QED) is 0.790. The van der Waals surface area contributed by atoms with Crippen LogP contribution in [0.2, 0.25) is 0 Å². The van der Waals surface area contributed by atoms with E-state index in [1.54, 1.807) is 12.1 Å². The Morgan fingerprint density at radius 1 is 1.43 bits per heavy atom. The van der Waals surface area contributed by atoms with Crippen molar-refractivity contribution >= 4 is 11.8 Å². The highest BCUT2D eigenvalue weighted by atomic mass is 19.1. The van der Waals surface area contributed by atoms with Crippen molar-refractivity contribution in [3.8, 4) is 0 Å². The van der Waals surface area contributed by atoms with Crippen LogP contribution in [0, 0.1) is 5.82 Å². The van der Waals surface area contributed by atoms with Crippen molar-refractivity contribution in [1.82, 2.24) is 15.5 Å². The SMILES string of the molecule is CCCN(C(=O)CNC(=O)Cc1cccc(F)c1)C1CCNC1.